The first-order valence-corrected chi connectivity index (χ1v) is 5.78. The molecule has 1 fully saturated rings. The summed E-state index contributed by atoms with van der Waals surface area (Å²) >= 11 is 6.04. The van der Waals surface area contributed by atoms with E-state index in [1.807, 2.05) is 0 Å². The Bertz CT molecular complexity index is 486. The zero-order valence-electron chi connectivity index (χ0n) is 9.75. The average molecular weight is 255 g/mol. The number of rotatable bonds is 3. The first kappa shape index (κ1) is 12.0. The van der Waals surface area contributed by atoms with Gasteiger partial charge in [-0.15, -0.1) is 0 Å². The zero-order chi connectivity index (χ0) is 12.8. The predicted molar refractivity (Wildman–Crippen MR) is 68.6 cm³/mol. The highest BCUT2D eigenvalue weighted by molar-refractivity contribution is 6.34. The average Bonchev–Trinajstić information content (AvgIpc) is 2.77. The Morgan fingerprint density at radius 1 is 1.59 bits per heavy atom. The zero-order valence-corrected chi connectivity index (χ0v) is 10.5. The number of nitrogen functional groups attached to an aromatic ring is 1. The van der Waals surface area contributed by atoms with Gasteiger partial charge in [-0.2, -0.15) is 0 Å². The van der Waals surface area contributed by atoms with Gasteiger partial charge in [0.25, 0.3) is 0 Å². The van der Waals surface area contributed by atoms with Crippen molar-refractivity contribution >= 4 is 28.9 Å². The summed E-state index contributed by atoms with van der Waals surface area (Å²) < 4.78 is 0. The molecule has 1 unspecified atom stereocenters. The maximum Gasteiger partial charge on any atom is 0.337 e. The molecule has 5 heteroatoms. The Balaban J connectivity index is 2.35. The Labute approximate surface area is 105 Å². The molecular weight excluding hydrogens is 240 g/mol. The topological polar surface area (TPSA) is 75.3 Å². The van der Waals surface area contributed by atoms with E-state index in [4.69, 9.17) is 22.4 Å². The fraction of sp³-hybridized carbons (Fsp3) is 0.417. The summed E-state index contributed by atoms with van der Waals surface area (Å²) in [6.45, 7) is 4.24. The molecule has 92 valence electrons. The molecule has 17 heavy (non-hydrogen) atoms. The van der Waals surface area contributed by atoms with Crippen molar-refractivity contribution in [2.24, 2.45) is 5.41 Å². The van der Waals surface area contributed by atoms with Crippen molar-refractivity contribution in [3.05, 3.63) is 22.7 Å². The van der Waals surface area contributed by atoms with Crippen LogP contribution in [-0.2, 0) is 0 Å². The van der Waals surface area contributed by atoms with Gasteiger partial charge in [0, 0.05) is 11.7 Å². The molecule has 0 aliphatic heterocycles. The Morgan fingerprint density at radius 3 is 2.65 bits per heavy atom. The minimum absolute atomic E-state index is 0.123. The van der Waals surface area contributed by atoms with E-state index >= 15 is 0 Å². The second kappa shape index (κ2) is 3.81. The lowest BCUT2D eigenvalue weighted by atomic mass is 10.1. The summed E-state index contributed by atoms with van der Waals surface area (Å²) in [5.41, 5.74) is 6.72. The van der Waals surface area contributed by atoms with E-state index in [1.165, 1.54) is 6.07 Å². The van der Waals surface area contributed by atoms with Crippen LogP contribution in [-0.4, -0.2) is 17.1 Å². The van der Waals surface area contributed by atoms with Crippen LogP contribution in [0.25, 0.3) is 0 Å². The van der Waals surface area contributed by atoms with E-state index in [2.05, 4.69) is 19.2 Å². The van der Waals surface area contributed by atoms with E-state index in [-0.39, 0.29) is 17.0 Å². The summed E-state index contributed by atoms with van der Waals surface area (Å²) in [7, 11) is 0. The molecule has 0 aromatic heterocycles. The second-order valence-corrected chi connectivity index (χ2v) is 5.53. The van der Waals surface area contributed by atoms with Crippen LogP contribution in [0.5, 0.6) is 0 Å². The van der Waals surface area contributed by atoms with Crippen LogP contribution in [0.2, 0.25) is 5.02 Å². The van der Waals surface area contributed by atoms with Gasteiger partial charge in [0.15, 0.2) is 0 Å². The van der Waals surface area contributed by atoms with Crippen molar-refractivity contribution in [3.8, 4) is 0 Å². The molecule has 0 amide bonds. The molecule has 1 aromatic rings. The smallest absolute Gasteiger partial charge is 0.337 e. The Hall–Kier alpha value is -1.42. The predicted octanol–water partition coefficient (Wildman–Crippen LogP) is 2.83. The molecule has 1 saturated carbocycles. The minimum Gasteiger partial charge on any atom is -0.478 e. The second-order valence-electron chi connectivity index (χ2n) is 5.12. The molecule has 0 saturated heterocycles. The quantitative estimate of drug-likeness (QED) is 0.725. The van der Waals surface area contributed by atoms with Gasteiger partial charge in [-0.3, -0.25) is 0 Å². The van der Waals surface area contributed by atoms with E-state index in [1.54, 1.807) is 6.07 Å². The van der Waals surface area contributed by atoms with Crippen molar-refractivity contribution < 1.29 is 9.90 Å². The molecule has 4 nitrogen and oxygen atoms in total. The number of hydrogen-bond acceptors (Lipinski definition) is 3. The number of benzene rings is 1. The molecule has 4 N–H and O–H groups in total. The Kier molecular flexibility index (Phi) is 2.70. The third-order valence-corrected chi connectivity index (χ3v) is 3.47. The highest BCUT2D eigenvalue weighted by atomic mass is 35.5. The molecule has 0 radical (unpaired) electrons. The number of anilines is 2. The van der Waals surface area contributed by atoms with E-state index in [9.17, 15) is 4.79 Å². The van der Waals surface area contributed by atoms with Crippen molar-refractivity contribution in [2.45, 2.75) is 26.3 Å². The number of nitrogens with two attached hydrogens (primary N) is 1. The van der Waals surface area contributed by atoms with Crippen LogP contribution in [0.3, 0.4) is 0 Å². The maximum atomic E-state index is 11.1. The summed E-state index contributed by atoms with van der Waals surface area (Å²) in [5, 5.41) is 12.7. The minimum atomic E-state index is -1.03. The molecule has 0 spiro atoms. The van der Waals surface area contributed by atoms with E-state index in [0.29, 0.717) is 16.4 Å². The first-order chi connectivity index (χ1) is 7.81. The molecular formula is C12H15ClN2O2. The number of carboxylic acids is 1. The van der Waals surface area contributed by atoms with Crippen LogP contribution in [0, 0.1) is 5.41 Å². The normalized spacial score (nSPS) is 21.0. The van der Waals surface area contributed by atoms with Gasteiger partial charge in [0.1, 0.15) is 0 Å². The van der Waals surface area contributed by atoms with Crippen LogP contribution in [0.1, 0.15) is 30.6 Å². The van der Waals surface area contributed by atoms with Gasteiger partial charge in [-0.1, -0.05) is 25.4 Å². The summed E-state index contributed by atoms with van der Waals surface area (Å²) in [6, 6.07) is 3.25. The summed E-state index contributed by atoms with van der Waals surface area (Å²) in [4.78, 5) is 11.1. The fourth-order valence-corrected chi connectivity index (χ4v) is 2.11. The molecule has 1 aliphatic carbocycles. The standard InChI is InChI=1S/C12H15ClN2O2/c1-12(2)5-9(12)15-10-7(11(16)17)3-6(14)4-8(10)13/h3-4,9,15H,5,14H2,1-2H3,(H,16,17). The van der Waals surface area contributed by atoms with Gasteiger partial charge in [-0.05, 0) is 24.0 Å². The van der Waals surface area contributed by atoms with Gasteiger partial charge in [0.2, 0.25) is 0 Å². The number of carbonyl (C=O) groups is 1. The van der Waals surface area contributed by atoms with Crippen molar-refractivity contribution in [1.82, 2.24) is 0 Å². The fourth-order valence-electron chi connectivity index (χ4n) is 1.83. The number of nitrogens with one attached hydrogen (secondary N) is 1. The van der Waals surface area contributed by atoms with Crippen LogP contribution >= 0.6 is 11.6 Å². The molecule has 1 aliphatic rings. The highest BCUT2D eigenvalue weighted by Gasteiger charge is 2.46. The molecule has 1 aromatic carbocycles. The number of carboxylic acid groups (broad SMARTS) is 1. The lowest BCUT2D eigenvalue weighted by Gasteiger charge is -2.13. The third kappa shape index (κ3) is 2.31. The molecule has 1 atom stereocenters. The summed E-state index contributed by atoms with van der Waals surface area (Å²) in [6.07, 6.45) is 1.01. The van der Waals surface area contributed by atoms with Crippen molar-refractivity contribution in [3.63, 3.8) is 0 Å². The van der Waals surface area contributed by atoms with Gasteiger partial charge >= 0.3 is 5.97 Å². The summed E-state index contributed by atoms with van der Waals surface area (Å²) in [5.74, 6) is -1.03. The van der Waals surface area contributed by atoms with E-state index < -0.39 is 5.97 Å². The largest absolute Gasteiger partial charge is 0.478 e. The molecule has 2 rings (SSSR count). The van der Waals surface area contributed by atoms with Gasteiger partial charge in [0.05, 0.1) is 16.3 Å². The SMILES string of the molecule is CC1(C)CC1Nc1c(Cl)cc(N)cc1C(=O)O. The van der Waals surface area contributed by atoms with Crippen molar-refractivity contribution in [2.75, 3.05) is 11.1 Å². The number of aromatic carboxylic acids is 1. The van der Waals surface area contributed by atoms with Crippen LogP contribution < -0.4 is 11.1 Å². The number of halogens is 1. The molecule has 0 bridgehead atoms. The number of hydrogen-bond donors (Lipinski definition) is 3. The Morgan fingerprint density at radius 2 is 2.18 bits per heavy atom. The van der Waals surface area contributed by atoms with Gasteiger partial charge < -0.3 is 16.2 Å². The third-order valence-electron chi connectivity index (χ3n) is 3.17. The first-order valence-electron chi connectivity index (χ1n) is 5.40. The van der Waals surface area contributed by atoms with Crippen LogP contribution in [0.15, 0.2) is 12.1 Å². The maximum absolute atomic E-state index is 11.1. The van der Waals surface area contributed by atoms with Crippen LogP contribution in [0.4, 0.5) is 11.4 Å². The highest BCUT2D eigenvalue weighted by Crippen LogP contribution is 2.47. The van der Waals surface area contributed by atoms with E-state index in [0.717, 1.165) is 6.42 Å². The van der Waals surface area contributed by atoms with Crippen molar-refractivity contribution in [1.29, 1.82) is 0 Å². The monoisotopic (exact) mass is 254 g/mol. The molecule has 0 heterocycles. The lowest BCUT2D eigenvalue weighted by Crippen LogP contribution is -2.13. The lowest BCUT2D eigenvalue weighted by molar-refractivity contribution is 0.0698. The van der Waals surface area contributed by atoms with Gasteiger partial charge in [-0.25, -0.2) is 4.79 Å².